The van der Waals surface area contributed by atoms with E-state index in [1.807, 2.05) is 0 Å². The molecule has 2 N–H and O–H groups in total. The summed E-state index contributed by atoms with van der Waals surface area (Å²) in [4.78, 5) is 19.5. The molecule has 92 valence electrons. The summed E-state index contributed by atoms with van der Waals surface area (Å²) < 4.78 is 0. The zero-order valence-corrected chi connectivity index (χ0v) is 10.6. The molecule has 2 rings (SSSR count). The molecule has 17 heavy (non-hydrogen) atoms. The predicted octanol–water partition coefficient (Wildman–Crippen LogP) is 1.72. The molecule has 1 aromatic heterocycles. The minimum Gasteiger partial charge on any atom is -0.316 e. The average Bonchev–Trinajstić information content (AvgIpc) is 2.28. The first-order valence-corrected chi connectivity index (χ1v) is 6.12. The highest BCUT2D eigenvalue weighted by atomic mass is 35.5. The second kappa shape index (κ2) is 5.62. The molecule has 0 spiro atoms. The Morgan fingerprint density at radius 1 is 1.47 bits per heavy atom. The largest absolute Gasteiger partial charge is 0.316 e. The lowest BCUT2D eigenvalue weighted by atomic mass is 9.99. The fourth-order valence-corrected chi connectivity index (χ4v) is 2.17. The van der Waals surface area contributed by atoms with Gasteiger partial charge in [-0.1, -0.05) is 11.6 Å². The van der Waals surface area contributed by atoms with Crippen molar-refractivity contribution in [3.63, 3.8) is 0 Å². The van der Waals surface area contributed by atoms with E-state index in [0.717, 1.165) is 19.4 Å². The number of halogens is 2. The van der Waals surface area contributed by atoms with Gasteiger partial charge in [-0.3, -0.25) is 4.79 Å². The van der Waals surface area contributed by atoms with Gasteiger partial charge in [0.15, 0.2) is 0 Å². The number of anilines is 1. The van der Waals surface area contributed by atoms with Gasteiger partial charge < -0.3 is 10.6 Å². The van der Waals surface area contributed by atoms with E-state index in [0.29, 0.717) is 12.4 Å². The first-order valence-electron chi connectivity index (χ1n) is 5.37. The van der Waals surface area contributed by atoms with Crippen LogP contribution in [0.5, 0.6) is 0 Å². The van der Waals surface area contributed by atoms with Crippen LogP contribution >= 0.6 is 23.2 Å². The van der Waals surface area contributed by atoms with E-state index in [4.69, 9.17) is 23.2 Å². The van der Waals surface area contributed by atoms with E-state index < -0.39 is 0 Å². The normalized spacial score (nSPS) is 20.0. The molecular formula is C10H12Cl2N4O. The van der Waals surface area contributed by atoms with Crippen molar-refractivity contribution < 1.29 is 4.79 Å². The van der Waals surface area contributed by atoms with Gasteiger partial charge in [0.2, 0.25) is 11.2 Å². The van der Waals surface area contributed by atoms with Crippen LogP contribution in [0.2, 0.25) is 10.4 Å². The lowest BCUT2D eigenvalue weighted by Crippen LogP contribution is -2.37. The number of piperidine rings is 1. The molecule has 1 aromatic rings. The van der Waals surface area contributed by atoms with Crippen LogP contribution in [0.1, 0.15) is 12.8 Å². The van der Waals surface area contributed by atoms with Gasteiger partial charge in [0, 0.05) is 12.6 Å². The number of hydrogen-bond acceptors (Lipinski definition) is 4. The Balaban J connectivity index is 2.01. The van der Waals surface area contributed by atoms with Crippen LogP contribution in [0.15, 0.2) is 6.07 Å². The van der Waals surface area contributed by atoms with Crippen molar-refractivity contribution in [2.24, 2.45) is 5.92 Å². The highest BCUT2D eigenvalue weighted by Crippen LogP contribution is 2.17. The van der Waals surface area contributed by atoms with Gasteiger partial charge >= 0.3 is 0 Å². The molecule has 1 fully saturated rings. The number of amides is 1. The van der Waals surface area contributed by atoms with E-state index in [1.165, 1.54) is 6.07 Å². The smallest absolute Gasteiger partial charge is 0.229 e. The molecule has 0 bridgehead atoms. The quantitative estimate of drug-likeness (QED) is 0.637. The number of nitrogens with zero attached hydrogens (tertiary/aromatic N) is 2. The molecule has 1 saturated heterocycles. The number of carbonyl (C=O) groups is 1. The van der Waals surface area contributed by atoms with Gasteiger partial charge in [-0.2, -0.15) is 0 Å². The molecule has 7 heteroatoms. The number of carbonyl (C=O) groups excluding carboxylic acids is 1. The number of hydrogen-bond donors (Lipinski definition) is 2. The van der Waals surface area contributed by atoms with Gasteiger partial charge in [-0.15, -0.1) is 0 Å². The van der Waals surface area contributed by atoms with E-state index in [1.54, 1.807) is 0 Å². The van der Waals surface area contributed by atoms with Crippen LogP contribution in [-0.2, 0) is 4.79 Å². The van der Waals surface area contributed by atoms with Crippen LogP contribution in [0.25, 0.3) is 0 Å². The van der Waals surface area contributed by atoms with Crippen molar-refractivity contribution >= 4 is 34.9 Å². The molecule has 2 heterocycles. The van der Waals surface area contributed by atoms with Crippen molar-refractivity contribution in [2.45, 2.75) is 12.8 Å². The predicted molar refractivity (Wildman–Crippen MR) is 66.3 cm³/mol. The number of nitrogens with one attached hydrogen (secondary N) is 2. The van der Waals surface area contributed by atoms with Crippen LogP contribution in [0, 0.1) is 5.92 Å². The molecule has 0 aromatic carbocycles. The highest BCUT2D eigenvalue weighted by Gasteiger charge is 2.21. The van der Waals surface area contributed by atoms with Crippen molar-refractivity contribution in [3.8, 4) is 0 Å². The minimum absolute atomic E-state index is 0.0227. The van der Waals surface area contributed by atoms with Crippen molar-refractivity contribution in [3.05, 3.63) is 16.5 Å². The van der Waals surface area contributed by atoms with Crippen LogP contribution in [0.4, 0.5) is 5.82 Å². The lowest BCUT2D eigenvalue weighted by molar-refractivity contribution is -0.120. The van der Waals surface area contributed by atoms with Gasteiger partial charge in [-0.05, 0) is 31.0 Å². The Morgan fingerprint density at radius 3 is 2.94 bits per heavy atom. The summed E-state index contributed by atoms with van der Waals surface area (Å²) in [6, 6.07) is 1.47. The molecule has 0 radical (unpaired) electrons. The molecule has 1 aliphatic heterocycles. The summed E-state index contributed by atoms with van der Waals surface area (Å²) in [6.45, 7) is 1.66. The lowest BCUT2D eigenvalue weighted by Gasteiger charge is -2.21. The standard InChI is InChI=1S/C10H12Cl2N4O/c11-7-4-8(16-10(12)14-7)15-9(17)6-2-1-3-13-5-6/h4,6,13H,1-3,5H2,(H,14,15,16,17)/t6-/m1/s1. The van der Waals surface area contributed by atoms with Gasteiger partial charge in [0.25, 0.3) is 0 Å². The minimum atomic E-state index is -0.0666. The monoisotopic (exact) mass is 274 g/mol. The first-order chi connectivity index (χ1) is 8.15. The molecule has 0 unspecified atom stereocenters. The summed E-state index contributed by atoms with van der Waals surface area (Å²) >= 11 is 11.4. The molecule has 5 nitrogen and oxygen atoms in total. The Hall–Kier alpha value is -0.910. The third kappa shape index (κ3) is 3.52. The van der Waals surface area contributed by atoms with Crippen LogP contribution in [-0.4, -0.2) is 29.0 Å². The topological polar surface area (TPSA) is 66.9 Å². The third-order valence-electron chi connectivity index (χ3n) is 2.59. The van der Waals surface area contributed by atoms with Crippen molar-refractivity contribution in [1.82, 2.24) is 15.3 Å². The molecule has 0 saturated carbocycles. The van der Waals surface area contributed by atoms with Gasteiger partial charge in [0.05, 0.1) is 5.92 Å². The Labute approximate surface area is 109 Å². The van der Waals surface area contributed by atoms with E-state index in [9.17, 15) is 4.79 Å². The zero-order chi connectivity index (χ0) is 12.3. The fraction of sp³-hybridized carbons (Fsp3) is 0.500. The molecular weight excluding hydrogens is 263 g/mol. The first kappa shape index (κ1) is 12.5. The second-order valence-corrected chi connectivity index (χ2v) is 4.60. The van der Waals surface area contributed by atoms with Crippen molar-refractivity contribution in [1.29, 1.82) is 0 Å². The van der Waals surface area contributed by atoms with E-state index in [-0.39, 0.29) is 22.3 Å². The summed E-state index contributed by atoms with van der Waals surface area (Å²) in [5.41, 5.74) is 0. The Bertz CT molecular complexity index is 401. The highest BCUT2D eigenvalue weighted by molar-refractivity contribution is 6.32. The zero-order valence-electron chi connectivity index (χ0n) is 9.04. The molecule has 1 amide bonds. The average molecular weight is 275 g/mol. The summed E-state index contributed by atoms with van der Waals surface area (Å²) in [7, 11) is 0. The summed E-state index contributed by atoms with van der Waals surface area (Å²) in [5.74, 6) is 0.241. The van der Waals surface area contributed by atoms with Crippen LogP contribution in [0.3, 0.4) is 0 Å². The van der Waals surface area contributed by atoms with Gasteiger partial charge in [-0.25, -0.2) is 9.97 Å². The summed E-state index contributed by atoms with van der Waals surface area (Å²) in [5, 5.41) is 6.11. The summed E-state index contributed by atoms with van der Waals surface area (Å²) in [6.07, 6.45) is 1.88. The number of rotatable bonds is 2. The Kier molecular flexibility index (Phi) is 4.15. The van der Waals surface area contributed by atoms with Gasteiger partial charge in [0.1, 0.15) is 11.0 Å². The maximum Gasteiger partial charge on any atom is 0.229 e. The third-order valence-corrected chi connectivity index (χ3v) is 2.95. The van der Waals surface area contributed by atoms with Crippen LogP contribution < -0.4 is 10.6 Å². The molecule has 0 aliphatic carbocycles. The molecule has 1 aliphatic rings. The second-order valence-electron chi connectivity index (χ2n) is 3.88. The SMILES string of the molecule is O=C(Nc1cc(Cl)nc(Cl)n1)[C@@H]1CCCNC1. The maximum atomic E-state index is 11.9. The van der Waals surface area contributed by atoms with E-state index >= 15 is 0 Å². The maximum absolute atomic E-state index is 11.9. The Morgan fingerprint density at radius 2 is 2.29 bits per heavy atom. The number of aromatic nitrogens is 2. The fourth-order valence-electron chi connectivity index (χ4n) is 1.76. The van der Waals surface area contributed by atoms with Crippen molar-refractivity contribution in [2.75, 3.05) is 18.4 Å². The van der Waals surface area contributed by atoms with E-state index in [2.05, 4.69) is 20.6 Å². The molecule has 1 atom stereocenters.